The number of alkyl halides is 3. The molecular weight excluding hydrogens is 465 g/mol. The van der Waals surface area contributed by atoms with Crippen molar-refractivity contribution < 1.29 is 22.7 Å². The summed E-state index contributed by atoms with van der Waals surface area (Å²) >= 11 is 0. The number of halogens is 3. The molecule has 0 aliphatic heterocycles. The summed E-state index contributed by atoms with van der Waals surface area (Å²) < 4.78 is 45.5. The van der Waals surface area contributed by atoms with Crippen molar-refractivity contribution in [1.29, 1.82) is 0 Å². The number of aromatic nitrogens is 3. The van der Waals surface area contributed by atoms with E-state index in [1.807, 2.05) is 19.1 Å². The Hall–Kier alpha value is -3.89. The van der Waals surface area contributed by atoms with Crippen molar-refractivity contribution in [2.24, 2.45) is 5.41 Å². The van der Waals surface area contributed by atoms with Gasteiger partial charge in [0, 0.05) is 12.2 Å². The van der Waals surface area contributed by atoms with Gasteiger partial charge < -0.3 is 10.1 Å². The van der Waals surface area contributed by atoms with Crippen LogP contribution in [0.1, 0.15) is 30.5 Å². The molecule has 0 atom stereocenters. The molecule has 0 saturated heterocycles. The van der Waals surface area contributed by atoms with Gasteiger partial charge in [-0.2, -0.15) is 18.2 Å². The van der Waals surface area contributed by atoms with Crippen LogP contribution in [-0.4, -0.2) is 27.2 Å². The fraction of sp³-hybridized carbons (Fsp3) is 0.333. The zero-order valence-electron chi connectivity index (χ0n) is 19.6. The highest BCUT2D eigenvalue weighted by atomic mass is 19.4. The van der Waals surface area contributed by atoms with Crippen molar-refractivity contribution in [2.45, 2.75) is 40.0 Å². The maximum absolute atomic E-state index is 13.4. The van der Waals surface area contributed by atoms with E-state index >= 15 is 0 Å². The molecule has 35 heavy (non-hydrogen) atoms. The zero-order valence-corrected chi connectivity index (χ0v) is 19.6. The van der Waals surface area contributed by atoms with Crippen LogP contribution < -0.4 is 16.7 Å². The Balaban J connectivity index is 2.08. The predicted molar refractivity (Wildman–Crippen MR) is 124 cm³/mol. The van der Waals surface area contributed by atoms with Gasteiger partial charge in [-0.1, -0.05) is 29.8 Å². The maximum atomic E-state index is 13.4. The number of methoxy groups -OCH3 is 1. The van der Waals surface area contributed by atoms with Crippen LogP contribution in [0.5, 0.6) is 0 Å². The Bertz CT molecular complexity index is 1330. The molecule has 1 heterocycles. The van der Waals surface area contributed by atoms with E-state index in [2.05, 4.69) is 10.3 Å². The molecule has 11 heteroatoms. The average Bonchev–Trinajstić information content (AvgIpc) is 2.79. The molecule has 0 aliphatic rings. The molecule has 3 aromatic rings. The van der Waals surface area contributed by atoms with Gasteiger partial charge in [-0.3, -0.25) is 9.36 Å². The lowest BCUT2D eigenvalue weighted by Crippen LogP contribution is -2.46. The number of carbonyl (C=O) groups excluding carboxylic acids is 1. The van der Waals surface area contributed by atoms with E-state index < -0.39 is 34.5 Å². The van der Waals surface area contributed by atoms with E-state index in [1.165, 1.54) is 37.7 Å². The average molecular weight is 490 g/mol. The smallest absolute Gasteiger partial charge is 0.416 e. The molecule has 8 nitrogen and oxygen atoms in total. The molecule has 0 aliphatic carbocycles. The highest BCUT2D eigenvalue weighted by Gasteiger charge is 2.32. The minimum atomic E-state index is -4.50. The summed E-state index contributed by atoms with van der Waals surface area (Å²) in [4.78, 5) is 42.2. The molecule has 3 rings (SSSR count). The van der Waals surface area contributed by atoms with Crippen LogP contribution in [0.25, 0.3) is 0 Å². The first-order valence-corrected chi connectivity index (χ1v) is 10.6. The largest absolute Gasteiger partial charge is 0.469 e. The summed E-state index contributed by atoms with van der Waals surface area (Å²) in [6.07, 6.45) is -4.50. The van der Waals surface area contributed by atoms with E-state index in [4.69, 9.17) is 4.74 Å². The number of hydrogen-bond acceptors (Lipinski definition) is 6. The minimum Gasteiger partial charge on any atom is -0.469 e. The normalized spacial score (nSPS) is 11.9. The fourth-order valence-electron chi connectivity index (χ4n) is 3.39. The molecule has 2 aromatic carbocycles. The van der Waals surface area contributed by atoms with E-state index in [9.17, 15) is 27.6 Å². The lowest BCUT2D eigenvalue weighted by Gasteiger charge is -2.23. The van der Waals surface area contributed by atoms with E-state index in [-0.39, 0.29) is 24.7 Å². The lowest BCUT2D eigenvalue weighted by atomic mass is 9.94. The van der Waals surface area contributed by atoms with Gasteiger partial charge in [0.05, 0.1) is 24.6 Å². The van der Waals surface area contributed by atoms with Gasteiger partial charge in [-0.15, -0.1) is 0 Å². The topological polar surface area (TPSA) is 95.2 Å². The number of benzene rings is 2. The van der Waals surface area contributed by atoms with Crippen molar-refractivity contribution in [2.75, 3.05) is 12.4 Å². The third-order valence-corrected chi connectivity index (χ3v) is 5.37. The molecule has 1 N–H and O–H groups in total. The number of nitrogens with one attached hydrogen (secondary N) is 1. The Morgan fingerprint density at radius 3 is 2.14 bits per heavy atom. The standard InChI is InChI=1S/C24H25F3N4O4/c1-15-5-7-16(8-6-15)13-30-20(28-18-11-9-17(10-12-18)24(25,26)27)29-21(33)31(22(30)34)14-23(2,3)19(32)35-4/h5-12H,13-14H2,1-4H3,(H,28,29,33). The lowest BCUT2D eigenvalue weighted by molar-refractivity contribution is -0.151. The van der Waals surface area contributed by atoms with Gasteiger partial charge in [0.15, 0.2) is 0 Å². The summed E-state index contributed by atoms with van der Waals surface area (Å²) in [6.45, 7) is 4.71. The van der Waals surface area contributed by atoms with Crippen LogP contribution in [0.4, 0.5) is 24.8 Å². The number of esters is 1. The van der Waals surface area contributed by atoms with Crippen molar-refractivity contribution in [3.63, 3.8) is 0 Å². The maximum Gasteiger partial charge on any atom is 0.416 e. The Morgan fingerprint density at radius 1 is 1.00 bits per heavy atom. The summed E-state index contributed by atoms with van der Waals surface area (Å²) in [7, 11) is 1.21. The van der Waals surface area contributed by atoms with Gasteiger partial charge in [-0.25, -0.2) is 14.2 Å². The zero-order chi connectivity index (χ0) is 26.0. The summed E-state index contributed by atoms with van der Waals surface area (Å²) in [5.74, 6) is -0.756. The van der Waals surface area contributed by atoms with Crippen LogP contribution in [0, 0.1) is 12.3 Å². The van der Waals surface area contributed by atoms with Crippen LogP contribution in [-0.2, 0) is 28.8 Å². The molecule has 0 radical (unpaired) electrons. The highest BCUT2D eigenvalue weighted by Crippen LogP contribution is 2.30. The molecule has 0 amide bonds. The van der Waals surface area contributed by atoms with E-state index in [1.54, 1.807) is 12.1 Å². The number of aryl methyl sites for hydroxylation is 1. The van der Waals surface area contributed by atoms with E-state index in [0.29, 0.717) is 0 Å². The highest BCUT2D eigenvalue weighted by molar-refractivity contribution is 5.75. The molecule has 0 bridgehead atoms. The van der Waals surface area contributed by atoms with Crippen molar-refractivity contribution in [1.82, 2.24) is 14.1 Å². The third kappa shape index (κ3) is 5.97. The third-order valence-electron chi connectivity index (χ3n) is 5.37. The number of ether oxygens (including phenoxy) is 1. The molecule has 0 fully saturated rings. The number of nitrogens with zero attached hydrogens (tertiary/aromatic N) is 3. The first kappa shape index (κ1) is 25.7. The summed E-state index contributed by atoms with van der Waals surface area (Å²) in [5, 5.41) is 2.77. The van der Waals surface area contributed by atoms with Crippen LogP contribution in [0.3, 0.4) is 0 Å². The minimum absolute atomic E-state index is 0.0218. The van der Waals surface area contributed by atoms with Crippen LogP contribution in [0.2, 0.25) is 0 Å². The van der Waals surface area contributed by atoms with Gasteiger partial charge in [0.1, 0.15) is 0 Å². The number of anilines is 2. The summed E-state index contributed by atoms with van der Waals surface area (Å²) in [5.41, 5.74) is -1.75. The van der Waals surface area contributed by atoms with Gasteiger partial charge >= 0.3 is 23.5 Å². The Morgan fingerprint density at radius 2 is 1.60 bits per heavy atom. The second-order valence-electron chi connectivity index (χ2n) is 8.73. The Labute approximate surface area is 199 Å². The molecule has 0 unspecified atom stereocenters. The second kappa shape index (κ2) is 9.77. The molecule has 186 valence electrons. The van der Waals surface area contributed by atoms with E-state index in [0.717, 1.165) is 27.8 Å². The second-order valence-corrected chi connectivity index (χ2v) is 8.73. The molecule has 0 saturated carbocycles. The number of carbonyl (C=O) groups is 1. The first-order chi connectivity index (χ1) is 16.3. The number of rotatable bonds is 7. The van der Waals surface area contributed by atoms with Crippen LogP contribution >= 0.6 is 0 Å². The number of hydrogen-bond donors (Lipinski definition) is 1. The first-order valence-electron chi connectivity index (χ1n) is 10.6. The van der Waals surface area contributed by atoms with Crippen molar-refractivity contribution in [3.05, 3.63) is 86.2 Å². The summed E-state index contributed by atoms with van der Waals surface area (Å²) in [6, 6.07) is 11.4. The fourth-order valence-corrected chi connectivity index (χ4v) is 3.39. The van der Waals surface area contributed by atoms with Gasteiger partial charge in [0.25, 0.3) is 0 Å². The molecule has 0 spiro atoms. The molecular formula is C24H25F3N4O4. The van der Waals surface area contributed by atoms with Crippen molar-refractivity contribution in [3.8, 4) is 0 Å². The van der Waals surface area contributed by atoms with Gasteiger partial charge in [-0.05, 0) is 50.6 Å². The van der Waals surface area contributed by atoms with Crippen molar-refractivity contribution >= 4 is 17.6 Å². The quantitative estimate of drug-likeness (QED) is 0.508. The molecule has 1 aromatic heterocycles. The SMILES string of the molecule is COC(=O)C(C)(C)Cn1c(=O)nc(Nc2ccc(C(F)(F)F)cc2)n(Cc2ccc(C)cc2)c1=O. The Kier molecular flexibility index (Phi) is 7.18. The van der Waals surface area contributed by atoms with Crippen LogP contribution in [0.15, 0.2) is 58.1 Å². The monoisotopic (exact) mass is 490 g/mol. The van der Waals surface area contributed by atoms with Gasteiger partial charge in [0.2, 0.25) is 5.95 Å². The predicted octanol–water partition coefficient (Wildman–Crippen LogP) is 3.72.